The number of hydrogen-bond acceptors (Lipinski definition) is 6. The fourth-order valence-corrected chi connectivity index (χ4v) is 4.42. The van der Waals surface area contributed by atoms with Gasteiger partial charge in [-0.1, -0.05) is 48.0 Å². The molecule has 0 saturated heterocycles. The Morgan fingerprint density at radius 2 is 1.83 bits per heavy atom. The summed E-state index contributed by atoms with van der Waals surface area (Å²) in [4.78, 5) is 12.7. The Hall–Kier alpha value is -4.06. The first-order valence-electron chi connectivity index (χ1n) is 10.9. The molecular formula is C27H23ClN2O5S. The molecule has 0 atom stereocenters. The maximum absolute atomic E-state index is 12.9. The Morgan fingerprint density at radius 3 is 2.47 bits per heavy atom. The van der Waals surface area contributed by atoms with Gasteiger partial charge in [0.15, 0.2) is 11.5 Å². The third-order valence-corrected chi connectivity index (χ3v) is 6.41. The number of halogens is 1. The van der Waals surface area contributed by atoms with E-state index in [4.69, 9.17) is 20.5 Å². The topological polar surface area (TPSA) is 105 Å². The highest BCUT2D eigenvalue weighted by Crippen LogP contribution is 2.37. The summed E-state index contributed by atoms with van der Waals surface area (Å²) in [6.07, 6.45) is 3.20. The minimum absolute atomic E-state index is 0.0102. The van der Waals surface area contributed by atoms with Crippen LogP contribution in [0.4, 0.5) is 5.69 Å². The number of hydrogen-bond donors (Lipinski definition) is 1. The summed E-state index contributed by atoms with van der Waals surface area (Å²) in [5.74, 6) is -0.496. The highest BCUT2D eigenvalue weighted by atomic mass is 35.5. The molecule has 3 rings (SSSR count). The maximum atomic E-state index is 12.9. The van der Waals surface area contributed by atoms with Gasteiger partial charge in [-0.2, -0.15) is 13.7 Å². The summed E-state index contributed by atoms with van der Waals surface area (Å²) in [5, 5.41) is 12.6. The van der Waals surface area contributed by atoms with E-state index >= 15 is 0 Å². The second-order valence-electron chi connectivity index (χ2n) is 7.39. The second-order valence-corrected chi connectivity index (χ2v) is 9.34. The van der Waals surface area contributed by atoms with Crippen LogP contribution < -0.4 is 14.2 Å². The molecule has 0 heterocycles. The zero-order chi connectivity index (χ0) is 26.1. The minimum Gasteiger partial charge on any atom is -0.490 e. The van der Waals surface area contributed by atoms with Gasteiger partial charge in [0.25, 0.3) is 5.91 Å². The Kier molecular flexibility index (Phi) is 8.90. The van der Waals surface area contributed by atoms with Crippen molar-refractivity contribution in [1.82, 2.24) is 0 Å². The third-order valence-electron chi connectivity index (χ3n) is 4.84. The van der Waals surface area contributed by atoms with Crippen molar-refractivity contribution in [2.75, 3.05) is 11.9 Å². The SMILES string of the molecule is C=CCc1cc(/C=C(\C#N)C(=O)Nc2ccccc2Cl)cc(OCC)c1OS(=O)(=O)c1ccccc1. The third kappa shape index (κ3) is 6.54. The van der Waals surface area contributed by atoms with Crippen LogP contribution in [-0.4, -0.2) is 20.9 Å². The van der Waals surface area contributed by atoms with Gasteiger partial charge in [-0.15, -0.1) is 6.58 Å². The minimum atomic E-state index is -4.15. The highest BCUT2D eigenvalue weighted by molar-refractivity contribution is 7.87. The molecule has 1 N–H and O–H groups in total. The number of para-hydroxylation sites is 1. The van der Waals surface area contributed by atoms with E-state index < -0.39 is 16.0 Å². The quantitative estimate of drug-likeness (QED) is 0.156. The van der Waals surface area contributed by atoms with E-state index in [0.29, 0.717) is 21.8 Å². The molecule has 0 aliphatic heterocycles. The smallest absolute Gasteiger partial charge is 0.339 e. The van der Waals surface area contributed by atoms with Crippen molar-refractivity contribution in [2.24, 2.45) is 0 Å². The van der Waals surface area contributed by atoms with Crippen LogP contribution in [0.2, 0.25) is 5.02 Å². The number of nitrogens with one attached hydrogen (secondary N) is 1. The predicted molar refractivity (Wildman–Crippen MR) is 139 cm³/mol. The Balaban J connectivity index is 2.03. The molecule has 0 spiro atoms. The summed E-state index contributed by atoms with van der Waals surface area (Å²) in [5.41, 5.74) is 1.06. The van der Waals surface area contributed by atoms with Gasteiger partial charge in [-0.25, -0.2) is 0 Å². The molecule has 0 aliphatic rings. The molecule has 0 bridgehead atoms. The fraction of sp³-hybridized carbons (Fsp3) is 0.111. The van der Waals surface area contributed by atoms with Crippen molar-refractivity contribution >= 4 is 39.4 Å². The molecule has 0 aliphatic carbocycles. The average Bonchev–Trinajstić information content (AvgIpc) is 2.86. The number of ether oxygens (including phenoxy) is 1. The zero-order valence-corrected chi connectivity index (χ0v) is 21.0. The van der Waals surface area contributed by atoms with Gasteiger partial charge in [0, 0.05) is 5.56 Å². The monoisotopic (exact) mass is 522 g/mol. The van der Waals surface area contributed by atoms with Crippen molar-refractivity contribution in [3.05, 3.63) is 101 Å². The van der Waals surface area contributed by atoms with Crippen molar-refractivity contribution in [2.45, 2.75) is 18.2 Å². The molecule has 184 valence electrons. The van der Waals surface area contributed by atoms with E-state index in [-0.39, 0.29) is 35.0 Å². The van der Waals surface area contributed by atoms with Gasteiger partial charge in [-0.3, -0.25) is 4.79 Å². The van der Waals surface area contributed by atoms with Crippen LogP contribution in [-0.2, 0) is 21.3 Å². The molecule has 0 radical (unpaired) electrons. The summed E-state index contributed by atoms with van der Waals surface area (Å²) in [6.45, 7) is 5.69. The molecule has 0 unspecified atom stereocenters. The van der Waals surface area contributed by atoms with Crippen molar-refractivity contribution in [3.8, 4) is 17.6 Å². The van der Waals surface area contributed by atoms with E-state index in [1.807, 2.05) is 6.07 Å². The molecule has 36 heavy (non-hydrogen) atoms. The fourth-order valence-electron chi connectivity index (χ4n) is 3.24. The number of amides is 1. The van der Waals surface area contributed by atoms with E-state index in [1.54, 1.807) is 61.5 Å². The summed E-state index contributed by atoms with van der Waals surface area (Å²) < 4.78 is 37.0. The van der Waals surface area contributed by atoms with Gasteiger partial charge in [-0.05, 0) is 61.4 Å². The van der Waals surface area contributed by atoms with E-state index in [1.165, 1.54) is 24.3 Å². The largest absolute Gasteiger partial charge is 0.490 e. The standard InChI is InChI=1S/C27H23ClN2O5S/c1-3-10-20-15-19(16-21(18-29)27(31)30-24-14-9-8-13-23(24)28)17-25(34-4-2)26(20)35-36(32,33)22-11-6-5-7-12-22/h3,5-9,11-17H,1,4,10H2,2H3,(H,30,31)/b21-16+. The first kappa shape index (κ1) is 26.5. The van der Waals surface area contributed by atoms with Crippen molar-refractivity contribution < 1.29 is 22.1 Å². The number of allylic oxidation sites excluding steroid dienone is 1. The van der Waals surface area contributed by atoms with E-state index in [0.717, 1.165) is 0 Å². The number of anilines is 1. The summed E-state index contributed by atoms with van der Waals surface area (Å²) in [6, 6.07) is 19.4. The second kappa shape index (κ2) is 12.1. The van der Waals surface area contributed by atoms with Crippen LogP contribution in [0, 0.1) is 11.3 Å². The van der Waals surface area contributed by atoms with Gasteiger partial charge < -0.3 is 14.2 Å². The van der Waals surface area contributed by atoms with Crippen LogP contribution in [0.15, 0.2) is 89.9 Å². The van der Waals surface area contributed by atoms with Crippen LogP contribution >= 0.6 is 11.6 Å². The lowest BCUT2D eigenvalue weighted by molar-refractivity contribution is -0.112. The first-order valence-corrected chi connectivity index (χ1v) is 12.7. The van der Waals surface area contributed by atoms with Crippen LogP contribution in [0.1, 0.15) is 18.1 Å². The number of carbonyl (C=O) groups excluding carboxylic acids is 1. The Morgan fingerprint density at radius 1 is 1.14 bits per heavy atom. The van der Waals surface area contributed by atoms with Gasteiger partial charge in [0.05, 0.1) is 17.3 Å². The lowest BCUT2D eigenvalue weighted by atomic mass is 10.0. The molecule has 0 saturated carbocycles. The maximum Gasteiger partial charge on any atom is 0.339 e. The first-order chi connectivity index (χ1) is 17.3. The van der Waals surface area contributed by atoms with E-state index in [9.17, 15) is 18.5 Å². The molecule has 3 aromatic rings. The Bertz CT molecular complexity index is 1440. The van der Waals surface area contributed by atoms with Crippen molar-refractivity contribution in [1.29, 1.82) is 5.26 Å². The molecule has 0 aromatic heterocycles. The lowest BCUT2D eigenvalue weighted by Gasteiger charge is -2.16. The molecule has 9 heteroatoms. The average molecular weight is 523 g/mol. The summed E-state index contributed by atoms with van der Waals surface area (Å²) >= 11 is 6.10. The molecule has 3 aromatic carbocycles. The molecular weight excluding hydrogens is 500 g/mol. The predicted octanol–water partition coefficient (Wildman–Crippen LogP) is 5.78. The van der Waals surface area contributed by atoms with Crippen molar-refractivity contribution in [3.63, 3.8) is 0 Å². The molecule has 0 fully saturated rings. The molecule has 7 nitrogen and oxygen atoms in total. The normalized spacial score (nSPS) is 11.3. The number of nitriles is 1. The van der Waals surface area contributed by atoms with Gasteiger partial charge >= 0.3 is 10.1 Å². The Labute approximate surface area is 215 Å². The highest BCUT2D eigenvalue weighted by Gasteiger charge is 2.23. The number of rotatable bonds is 10. The summed E-state index contributed by atoms with van der Waals surface area (Å²) in [7, 11) is -4.15. The number of carbonyl (C=O) groups is 1. The number of benzene rings is 3. The van der Waals surface area contributed by atoms with Crippen LogP contribution in [0.25, 0.3) is 6.08 Å². The van der Waals surface area contributed by atoms with Crippen LogP contribution in [0.5, 0.6) is 11.5 Å². The van der Waals surface area contributed by atoms with E-state index in [2.05, 4.69) is 11.9 Å². The van der Waals surface area contributed by atoms with Gasteiger partial charge in [0.2, 0.25) is 0 Å². The number of nitrogens with zero attached hydrogens (tertiary/aromatic N) is 1. The lowest BCUT2D eigenvalue weighted by Crippen LogP contribution is -2.14. The van der Waals surface area contributed by atoms with Crippen LogP contribution in [0.3, 0.4) is 0 Å². The van der Waals surface area contributed by atoms with Gasteiger partial charge in [0.1, 0.15) is 16.5 Å². The molecule has 1 amide bonds. The zero-order valence-electron chi connectivity index (χ0n) is 19.4.